The number of nitrogens with zero attached hydrogens (tertiary/aromatic N) is 4. The SMILES string of the molecule is Clc1nnc(Cl)c(NCc2ncc[nH]2)n1. The summed E-state index contributed by atoms with van der Waals surface area (Å²) in [4.78, 5) is 10.8. The molecule has 2 N–H and O–H groups in total. The van der Waals surface area contributed by atoms with E-state index in [2.05, 4.69) is 30.5 Å². The molecule has 0 saturated carbocycles. The van der Waals surface area contributed by atoms with Crippen molar-refractivity contribution < 1.29 is 0 Å². The van der Waals surface area contributed by atoms with E-state index in [0.29, 0.717) is 12.4 Å². The molecule has 78 valence electrons. The van der Waals surface area contributed by atoms with Gasteiger partial charge in [0, 0.05) is 12.4 Å². The fraction of sp³-hybridized carbons (Fsp3) is 0.143. The van der Waals surface area contributed by atoms with Gasteiger partial charge in [-0.05, 0) is 11.6 Å². The lowest BCUT2D eigenvalue weighted by atomic mass is 10.5. The Labute approximate surface area is 95.1 Å². The molecule has 2 aromatic rings. The van der Waals surface area contributed by atoms with E-state index < -0.39 is 0 Å². The van der Waals surface area contributed by atoms with Gasteiger partial charge in [-0.25, -0.2) is 4.98 Å². The molecule has 0 unspecified atom stereocenters. The van der Waals surface area contributed by atoms with Crippen molar-refractivity contribution in [3.63, 3.8) is 0 Å². The molecule has 0 spiro atoms. The van der Waals surface area contributed by atoms with Crippen molar-refractivity contribution in [2.75, 3.05) is 5.32 Å². The average molecular weight is 245 g/mol. The van der Waals surface area contributed by atoms with Crippen LogP contribution >= 0.6 is 23.2 Å². The first-order valence-electron chi connectivity index (χ1n) is 4.03. The van der Waals surface area contributed by atoms with Crippen LogP contribution in [0, 0.1) is 0 Å². The van der Waals surface area contributed by atoms with Crippen LogP contribution in [0.25, 0.3) is 0 Å². The van der Waals surface area contributed by atoms with Gasteiger partial charge in [0.2, 0.25) is 5.28 Å². The number of rotatable bonds is 3. The number of aromatic amines is 1. The van der Waals surface area contributed by atoms with Crippen LogP contribution in [-0.4, -0.2) is 25.1 Å². The van der Waals surface area contributed by atoms with Crippen LogP contribution in [0.1, 0.15) is 5.82 Å². The minimum Gasteiger partial charge on any atom is -0.360 e. The van der Waals surface area contributed by atoms with E-state index in [1.807, 2.05) is 0 Å². The topological polar surface area (TPSA) is 79.4 Å². The summed E-state index contributed by atoms with van der Waals surface area (Å²) in [5.41, 5.74) is 0. The smallest absolute Gasteiger partial charge is 0.245 e. The maximum absolute atomic E-state index is 5.75. The van der Waals surface area contributed by atoms with Crippen molar-refractivity contribution in [2.45, 2.75) is 6.54 Å². The molecule has 0 fully saturated rings. The number of anilines is 1. The number of imidazole rings is 1. The second kappa shape index (κ2) is 4.41. The molecule has 0 amide bonds. The molecular weight excluding hydrogens is 239 g/mol. The van der Waals surface area contributed by atoms with Gasteiger partial charge in [0.15, 0.2) is 11.0 Å². The van der Waals surface area contributed by atoms with Gasteiger partial charge in [-0.2, -0.15) is 4.98 Å². The number of aromatic nitrogens is 5. The van der Waals surface area contributed by atoms with Crippen molar-refractivity contribution in [1.29, 1.82) is 0 Å². The van der Waals surface area contributed by atoms with Crippen molar-refractivity contribution in [2.24, 2.45) is 0 Å². The lowest BCUT2D eigenvalue weighted by Gasteiger charge is -2.03. The van der Waals surface area contributed by atoms with Gasteiger partial charge in [-0.3, -0.25) is 0 Å². The number of hydrogen-bond acceptors (Lipinski definition) is 5. The minimum atomic E-state index is 0.0429. The molecule has 6 nitrogen and oxygen atoms in total. The van der Waals surface area contributed by atoms with Gasteiger partial charge in [0.25, 0.3) is 0 Å². The van der Waals surface area contributed by atoms with Crippen molar-refractivity contribution in [3.8, 4) is 0 Å². The molecule has 2 rings (SSSR count). The van der Waals surface area contributed by atoms with Crippen LogP contribution in [0.15, 0.2) is 12.4 Å². The highest BCUT2D eigenvalue weighted by atomic mass is 35.5. The summed E-state index contributed by atoms with van der Waals surface area (Å²) >= 11 is 11.3. The highest BCUT2D eigenvalue weighted by molar-refractivity contribution is 6.32. The van der Waals surface area contributed by atoms with Crippen molar-refractivity contribution in [1.82, 2.24) is 25.1 Å². The van der Waals surface area contributed by atoms with Crippen LogP contribution in [0.4, 0.5) is 5.82 Å². The Kier molecular flexibility index (Phi) is 2.98. The molecule has 0 radical (unpaired) electrons. The summed E-state index contributed by atoms with van der Waals surface area (Å²) in [5, 5.41) is 10.2. The Hall–Kier alpha value is -1.40. The van der Waals surface area contributed by atoms with E-state index in [4.69, 9.17) is 23.2 Å². The zero-order valence-electron chi connectivity index (χ0n) is 7.41. The van der Waals surface area contributed by atoms with E-state index in [-0.39, 0.29) is 10.4 Å². The fourth-order valence-corrected chi connectivity index (χ4v) is 1.24. The van der Waals surface area contributed by atoms with Gasteiger partial charge in [-0.15, -0.1) is 10.2 Å². The molecule has 0 aliphatic carbocycles. The predicted molar refractivity (Wildman–Crippen MR) is 55.8 cm³/mol. The summed E-state index contributed by atoms with van der Waals surface area (Å²) in [6.45, 7) is 0.460. The molecule has 0 atom stereocenters. The van der Waals surface area contributed by atoms with Crippen LogP contribution in [0.2, 0.25) is 10.4 Å². The van der Waals surface area contributed by atoms with Crippen molar-refractivity contribution in [3.05, 3.63) is 28.7 Å². The Morgan fingerprint density at radius 3 is 2.93 bits per heavy atom. The average Bonchev–Trinajstić information content (AvgIpc) is 2.72. The molecule has 2 aromatic heterocycles. The van der Waals surface area contributed by atoms with Crippen LogP contribution in [-0.2, 0) is 6.54 Å². The third kappa shape index (κ3) is 2.54. The van der Waals surface area contributed by atoms with E-state index in [1.165, 1.54) is 0 Å². The maximum Gasteiger partial charge on any atom is 0.245 e. The minimum absolute atomic E-state index is 0.0429. The van der Waals surface area contributed by atoms with Gasteiger partial charge in [0.05, 0.1) is 6.54 Å². The van der Waals surface area contributed by atoms with Gasteiger partial charge in [-0.1, -0.05) is 11.6 Å². The molecule has 0 bridgehead atoms. The third-order valence-electron chi connectivity index (χ3n) is 1.60. The molecule has 15 heavy (non-hydrogen) atoms. The van der Waals surface area contributed by atoms with Gasteiger partial charge in [0.1, 0.15) is 5.82 Å². The molecule has 0 aliphatic rings. The van der Waals surface area contributed by atoms with Crippen LogP contribution in [0.3, 0.4) is 0 Å². The lowest BCUT2D eigenvalue weighted by molar-refractivity contribution is 0.938. The molecule has 0 aromatic carbocycles. The van der Waals surface area contributed by atoms with Gasteiger partial charge >= 0.3 is 0 Å². The molecular formula is C7H6Cl2N6. The molecule has 2 heterocycles. The summed E-state index contributed by atoms with van der Waals surface area (Å²) in [7, 11) is 0. The fourth-order valence-electron chi connectivity index (χ4n) is 0.968. The highest BCUT2D eigenvalue weighted by Crippen LogP contribution is 2.16. The van der Waals surface area contributed by atoms with Crippen molar-refractivity contribution >= 4 is 29.0 Å². The Morgan fingerprint density at radius 2 is 2.20 bits per heavy atom. The number of nitrogens with one attached hydrogen (secondary N) is 2. The van der Waals surface area contributed by atoms with Crippen LogP contribution < -0.4 is 5.32 Å². The maximum atomic E-state index is 5.75. The number of H-pyrrole nitrogens is 1. The normalized spacial score (nSPS) is 10.3. The summed E-state index contributed by atoms with van der Waals surface area (Å²) < 4.78 is 0. The van der Waals surface area contributed by atoms with Crippen LogP contribution in [0.5, 0.6) is 0 Å². The first-order valence-corrected chi connectivity index (χ1v) is 4.79. The summed E-state index contributed by atoms with van der Waals surface area (Å²) in [5.74, 6) is 1.15. The van der Waals surface area contributed by atoms with E-state index in [9.17, 15) is 0 Å². The monoisotopic (exact) mass is 244 g/mol. The zero-order valence-corrected chi connectivity index (χ0v) is 8.92. The summed E-state index contributed by atoms with van der Waals surface area (Å²) in [6, 6.07) is 0. The lowest BCUT2D eigenvalue weighted by Crippen LogP contribution is -2.05. The first-order chi connectivity index (χ1) is 7.25. The van der Waals surface area contributed by atoms with Gasteiger partial charge < -0.3 is 10.3 Å². The Morgan fingerprint density at radius 1 is 1.33 bits per heavy atom. The first kappa shape index (κ1) is 10.1. The number of hydrogen-bond donors (Lipinski definition) is 2. The Balaban J connectivity index is 2.07. The Bertz CT molecular complexity index is 443. The second-order valence-electron chi connectivity index (χ2n) is 2.61. The predicted octanol–water partition coefficient (Wildman–Crippen LogP) is 1.51. The second-order valence-corrected chi connectivity index (χ2v) is 3.31. The standard InChI is InChI=1S/C7H6Cl2N6/c8-5-6(13-7(9)15-14-5)12-3-4-10-1-2-11-4/h1-2H,3H2,(H,10,11)(H,12,13,15). The van der Waals surface area contributed by atoms with E-state index in [1.54, 1.807) is 12.4 Å². The molecule has 0 aliphatic heterocycles. The molecule has 8 heteroatoms. The quantitative estimate of drug-likeness (QED) is 0.856. The third-order valence-corrected chi connectivity index (χ3v) is 2.01. The van der Waals surface area contributed by atoms with E-state index in [0.717, 1.165) is 5.82 Å². The highest BCUT2D eigenvalue weighted by Gasteiger charge is 2.05. The summed E-state index contributed by atoms with van der Waals surface area (Å²) in [6.07, 6.45) is 3.38. The number of halogens is 2. The largest absolute Gasteiger partial charge is 0.360 e. The zero-order chi connectivity index (χ0) is 10.7. The van der Waals surface area contributed by atoms with E-state index >= 15 is 0 Å². The molecule has 0 saturated heterocycles.